The van der Waals surface area contributed by atoms with Gasteiger partial charge in [0.2, 0.25) is 0 Å². The second-order valence-electron chi connectivity index (χ2n) is 12.6. The maximum atomic E-state index is 5.29. The Morgan fingerprint density at radius 2 is 0.788 bits per heavy atom. The molecule has 0 aliphatic carbocycles. The van der Waals surface area contributed by atoms with Crippen LogP contribution in [0, 0.1) is 0 Å². The molecule has 3 heterocycles. The van der Waals surface area contributed by atoms with Crippen LogP contribution >= 0.6 is 22.7 Å². The number of thiophene rings is 1. The molecular weight excluding hydrogens is 673 g/mol. The minimum absolute atomic E-state index is 0.619. The fourth-order valence-corrected chi connectivity index (χ4v) is 9.07. The van der Waals surface area contributed by atoms with E-state index in [2.05, 4.69) is 140 Å². The third kappa shape index (κ3) is 5.46. The smallest absolute Gasteiger partial charge is 0.167 e. The maximum Gasteiger partial charge on any atom is 0.167 e. The van der Waals surface area contributed by atoms with Crippen LogP contribution in [0.25, 0.3) is 97.4 Å². The lowest BCUT2D eigenvalue weighted by molar-refractivity contribution is 1.08. The molecule has 0 aliphatic heterocycles. The highest BCUT2D eigenvalue weighted by molar-refractivity contribution is 7.27. The van der Waals surface area contributed by atoms with E-state index >= 15 is 0 Å². The predicted octanol–water partition coefficient (Wildman–Crippen LogP) is 12.9. The zero-order valence-electron chi connectivity index (χ0n) is 27.8. The van der Waals surface area contributed by atoms with Gasteiger partial charge in [-0.3, -0.25) is 0 Å². The highest BCUT2D eigenvalue weighted by Crippen LogP contribution is 2.46. The molecule has 0 radical (unpaired) electrons. The van der Waals surface area contributed by atoms with Crippen LogP contribution < -0.4 is 0 Å². The van der Waals surface area contributed by atoms with Gasteiger partial charge in [0.05, 0.1) is 15.8 Å². The normalized spacial score (nSPS) is 11.5. The van der Waals surface area contributed by atoms with Crippen molar-refractivity contribution in [2.75, 3.05) is 0 Å². The molecule has 3 aromatic heterocycles. The first-order valence-electron chi connectivity index (χ1n) is 17.1. The van der Waals surface area contributed by atoms with Crippen molar-refractivity contribution >= 4 is 53.1 Å². The molecule has 0 amide bonds. The number of fused-ring (bicyclic) bond motifs is 4. The van der Waals surface area contributed by atoms with E-state index in [1.54, 1.807) is 22.7 Å². The molecule has 52 heavy (non-hydrogen) atoms. The summed E-state index contributed by atoms with van der Waals surface area (Å²) in [5, 5.41) is 3.28. The average molecular weight is 701 g/mol. The van der Waals surface area contributed by atoms with Gasteiger partial charge in [-0.2, -0.15) is 0 Å². The molecule has 0 saturated carbocycles. The molecule has 10 rings (SSSR count). The van der Waals surface area contributed by atoms with E-state index < -0.39 is 0 Å². The fraction of sp³-hybridized carbons (Fsp3) is 0. The molecule has 6 heteroatoms. The SMILES string of the molecule is c1ccc(-c2ccc(-c3ccc(-c4nc(-c5ccccc5)nc(-c5c6nc(-c7ccccc7)sc6cc6sc7ccccc7c56)n4)cc3)cc2)cc1. The van der Waals surface area contributed by atoms with E-state index in [0.29, 0.717) is 17.5 Å². The van der Waals surface area contributed by atoms with Crippen molar-refractivity contribution in [3.05, 3.63) is 170 Å². The van der Waals surface area contributed by atoms with Crippen molar-refractivity contribution in [1.29, 1.82) is 0 Å². The largest absolute Gasteiger partial charge is 0.235 e. The lowest BCUT2D eigenvalue weighted by Crippen LogP contribution is -2.01. The highest BCUT2D eigenvalue weighted by Gasteiger charge is 2.23. The molecule has 0 spiro atoms. The summed E-state index contributed by atoms with van der Waals surface area (Å²) in [7, 11) is 0. The summed E-state index contributed by atoms with van der Waals surface area (Å²) in [6, 6.07) is 59.1. The van der Waals surface area contributed by atoms with Gasteiger partial charge in [-0.05, 0) is 34.4 Å². The number of hydrogen-bond acceptors (Lipinski definition) is 6. The van der Waals surface area contributed by atoms with Crippen LogP contribution in [0.3, 0.4) is 0 Å². The molecule has 4 nitrogen and oxygen atoms in total. The molecule has 0 fully saturated rings. The standard InChI is InChI=1S/C46H28N4S2/c1-4-12-29(13-5-1)30-20-22-31(23-21-30)32-24-26-34(27-25-32)44-48-43(33-14-6-2-7-15-33)49-45(50-44)41-40-36-18-10-11-19-37(36)51-38(40)28-39-42(41)47-46(52-39)35-16-8-3-9-17-35/h1-28H. The number of hydrogen-bond donors (Lipinski definition) is 0. The summed E-state index contributed by atoms with van der Waals surface area (Å²) in [5.41, 5.74) is 9.50. The second kappa shape index (κ2) is 12.8. The lowest BCUT2D eigenvalue weighted by atomic mass is 9.99. The van der Waals surface area contributed by atoms with E-state index in [-0.39, 0.29) is 0 Å². The Kier molecular flexibility index (Phi) is 7.48. The molecule has 0 unspecified atom stereocenters. The van der Waals surface area contributed by atoms with Gasteiger partial charge >= 0.3 is 0 Å². The Bertz CT molecular complexity index is 2860. The quantitative estimate of drug-likeness (QED) is 0.173. The van der Waals surface area contributed by atoms with Gasteiger partial charge in [0.25, 0.3) is 0 Å². The maximum absolute atomic E-state index is 5.29. The lowest BCUT2D eigenvalue weighted by Gasteiger charge is -2.11. The second-order valence-corrected chi connectivity index (χ2v) is 14.8. The summed E-state index contributed by atoms with van der Waals surface area (Å²) < 4.78 is 3.53. The number of rotatable bonds is 6. The van der Waals surface area contributed by atoms with Gasteiger partial charge in [-0.15, -0.1) is 22.7 Å². The van der Waals surface area contributed by atoms with Gasteiger partial charge < -0.3 is 0 Å². The van der Waals surface area contributed by atoms with Crippen LogP contribution in [0.15, 0.2) is 170 Å². The first-order valence-corrected chi connectivity index (χ1v) is 18.8. The Morgan fingerprint density at radius 3 is 1.40 bits per heavy atom. The Balaban J connectivity index is 1.15. The number of nitrogens with zero attached hydrogens (tertiary/aromatic N) is 4. The van der Waals surface area contributed by atoms with Gasteiger partial charge in [-0.25, -0.2) is 19.9 Å². The topological polar surface area (TPSA) is 51.6 Å². The minimum Gasteiger partial charge on any atom is -0.235 e. The summed E-state index contributed by atoms with van der Waals surface area (Å²) in [5.74, 6) is 1.87. The number of benzene rings is 7. The van der Waals surface area contributed by atoms with Crippen LogP contribution in [0.2, 0.25) is 0 Å². The first kappa shape index (κ1) is 30.5. The zero-order chi connectivity index (χ0) is 34.4. The monoisotopic (exact) mass is 700 g/mol. The third-order valence-corrected chi connectivity index (χ3v) is 11.6. The molecule has 0 bridgehead atoms. The predicted molar refractivity (Wildman–Crippen MR) is 219 cm³/mol. The van der Waals surface area contributed by atoms with E-state index in [9.17, 15) is 0 Å². The van der Waals surface area contributed by atoms with Crippen LogP contribution in [-0.2, 0) is 0 Å². The summed E-state index contributed by atoms with van der Waals surface area (Å²) in [6.45, 7) is 0. The highest BCUT2D eigenvalue weighted by atomic mass is 32.1. The molecule has 244 valence electrons. The van der Waals surface area contributed by atoms with E-state index in [1.807, 2.05) is 30.3 Å². The Hall–Kier alpha value is -6.34. The third-order valence-electron chi connectivity index (χ3n) is 9.41. The molecule has 0 saturated heterocycles. The molecule has 0 N–H and O–H groups in total. The molecule has 7 aromatic carbocycles. The van der Waals surface area contributed by atoms with E-state index in [0.717, 1.165) is 54.0 Å². The molecule has 0 aliphatic rings. The summed E-state index contributed by atoms with van der Waals surface area (Å²) >= 11 is 3.51. The van der Waals surface area contributed by atoms with Gasteiger partial charge in [0.15, 0.2) is 17.5 Å². The number of aromatic nitrogens is 4. The molecule has 10 aromatic rings. The minimum atomic E-state index is 0.619. The van der Waals surface area contributed by atoms with Crippen molar-refractivity contribution < 1.29 is 0 Å². The van der Waals surface area contributed by atoms with E-state index in [4.69, 9.17) is 19.9 Å². The van der Waals surface area contributed by atoms with Gasteiger partial charge in [0, 0.05) is 36.9 Å². The molecular formula is C46H28N4S2. The van der Waals surface area contributed by atoms with Crippen molar-refractivity contribution in [1.82, 2.24) is 19.9 Å². The Morgan fingerprint density at radius 1 is 0.327 bits per heavy atom. The van der Waals surface area contributed by atoms with Crippen molar-refractivity contribution in [3.8, 4) is 67.0 Å². The number of thiazole rings is 1. The average Bonchev–Trinajstić information content (AvgIpc) is 3.82. The zero-order valence-corrected chi connectivity index (χ0v) is 29.4. The van der Waals surface area contributed by atoms with Crippen LogP contribution in [0.4, 0.5) is 0 Å². The van der Waals surface area contributed by atoms with Crippen LogP contribution in [0.1, 0.15) is 0 Å². The van der Waals surface area contributed by atoms with E-state index in [1.165, 1.54) is 25.9 Å². The van der Waals surface area contributed by atoms with Crippen LogP contribution in [-0.4, -0.2) is 19.9 Å². The summed E-state index contributed by atoms with van der Waals surface area (Å²) in [6.07, 6.45) is 0. The van der Waals surface area contributed by atoms with Gasteiger partial charge in [-0.1, -0.05) is 158 Å². The fourth-order valence-electron chi connectivity index (χ4n) is 6.82. The van der Waals surface area contributed by atoms with Crippen molar-refractivity contribution in [2.24, 2.45) is 0 Å². The Labute approximate surface area is 308 Å². The first-order chi connectivity index (χ1) is 25.7. The summed E-state index contributed by atoms with van der Waals surface area (Å²) in [4.78, 5) is 20.8. The van der Waals surface area contributed by atoms with Crippen molar-refractivity contribution in [2.45, 2.75) is 0 Å². The van der Waals surface area contributed by atoms with Crippen molar-refractivity contribution in [3.63, 3.8) is 0 Å². The molecule has 0 atom stereocenters. The van der Waals surface area contributed by atoms with Gasteiger partial charge in [0.1, 0.15) is 5.01 Å². The van der Waals surface area contributed by atoms with Crippen LogP contribution in [0.5, 0.6) is 0 Å².